The molecule has 1 heterocycles. The predicted octanol–water partition coefficient (Wildman–Crippen LogP) is 4.68. The van der Waals surface area contributed by atoms with Crippen LogP contribution in [0.15, 0.2) is 77.7 Å². The van der Waals surface area contributed by atoms with Crippen molar-refractivity contribution in [1.82, 2.24) is 9.80 Å². The standard InChI is InChI=1S/C26H29ClN2O4S/c1-20-7-12-25(34(30,31)32)24(19-20)33-18-17-28-13-15-29(16-14-28)26(21-5-3-2-4-6-21)22-8-10-23(27)11-9-22/h2-12,19,26H,13-18H2,1H3,(H,30,31,32). The van der Waals surface area contributed by atoms with Gasteiger partial charge in [-0.1, -0.05) is 60.1 Å². The lowest BCUT2D eigenvalue weighted by atomic mass is 9.96. The van der Waals surface area contributed by atoms with E-state index in [1.807, 2.05) is 25.1 Å². The molecule has 3 aromatic rings. The maximum atomic E-state index is 11.6. The van der Waals surface area contributed by atoms with E-state index in [4.69, 9.17) is 16.3 Å². The Kier molecular flexibility index (Phi) is 7.91. The minimum absolute atomic E-state index is 0.154. The normalized spacial score (nSPS) is 16.3. The van der Waals surface area contributed by atoms with Crippen LogP contribution in [0.1, 0.15) is 22.7 Å². The number of ether oxygens (including phenoxy) is 1. The monoisotopic (exact) mass is 500 g/mol. The molecule has 0 aliphatic carbocycles. The van der Waals surface area contributed by atoms with Gasteiger partial charge in [0.1, 0.15) is 17.3 Å². The molecule has 180 valence electrons. The van der Waals surface area contributed by atoms with Gasteiger partial charge in [-0.25, -0.2) is 0 Å². The third-order valence-corrected chi connectivity index (χ3v) is 7.26. The Labute approximate surface area is 206 Å². The van der Waals surface area contributed by atoms with Crippen molar-refractivity contribution in [3.8, 4) is 5.75 Å². The molecule has 8 heteroatoms. The molecule has 1 N–H and O–H groups in total. The summed E-state index contributed by atoms with van der Waals surface area (Å²) in [5.74, 6) is 0.188. The lowest BCUT2D eigenvalue weighted by Crippen LogP contribution is -2.48. The number of hydrogen-bond donors (Lipinski definition) is 1. The molecule has 6 nitrogen and oxygen atoms in total. The second-order valence-electron chi connectivity index (χ2n) is 8.52. The summed E-state index contributed by atoms with van der Waals surface area (Å²) in [6.07, 6.45) is 0. The third kappa shape index (κ3) is 6.17. The van der Waals surface area contributed by atoms with E-state index in [9.17, 15) is 13.0 Å². The average molecular weight is 501 g/mol. The van der Waals surface area contributed by atoms with Crippen molar-refractivity contribution in [3.05, 3.63) is 94.5 Å². The average Bonchev–Trinajstić information content (AvgIpc) is 2.81. The van der Waals surface area contributed by atoms with Crippen LogP contribution in [-0.4, -0.2) is 62.1 Å². The molecule has 0 aromatic heterocycles. The zero-order chi connectivity index (χ0) is 24.1. The number of nitrogens with zero attached hydrogens (tertiary/aromatic N) is 2. The van der Waals surface area contributed by atoms with Crippen LogP contribution in [-0.2, 0) is 10.1 Å². The molecule has 3 aromatic carbocycles. The summed E-state index contributed by atoms with van der Waals surface area (Å²) in [6, 6.07) is 23.3. The van der Waals surface area contributed by atoms with Gasteiger partial charge in [-0.2, -0.15) is 8.42 Å². The van der Waals surface area contributed by atoms with E-state index in [0.29, 0.717) is 13.2 Å². The number of aryl methyl sites for hydroxylation is 1. The highest BCUT2D eigenvalue weighted by molar-refractivity contribution is 7.86. The second-order valence-corrected chi connectivity index (χ2v) is 10.3. The van der Waals surface area contributed by atoms with Gasteiger partial charge in [0.15, 0.2) is 0 Å². The molecule has 1 atom stereocenters. The Bertz CT molecular complexity index is 1200. The summed E-state index contributed by atoms with van der Waals surface area (Å²) in [5.41, 5.74) is 3.33. The Morgan fingerprint density at radius 2 is 1.59 bits per heavy atom. The van der Waals surface area contributed by atoms with E-state index in [1.165, 1.54) is 17.2 Å². The molecule has 1 aliphatic rings. The van der Waals surface area contributed by atoms with Crippen molar-refractivity contribution < 1.29 is 17.7 Å². The SMILES string of the molecule is Cc1ccc(S(=O)(=O)O)c(OCCN2CCN(C(c3ccccc3)c3ccc(Cl)cc3)CC2)c1. The molecule has 1 saturated heterocycles. The van der Waals surface area contributed by atoms with E-state index < -0.39 is 10.1 Å². The topological polar surface area (TPSA) is 70.1 Å². The molecule has 0 spiro atoms. The first-order valence-corrected chi connectivity index (χ1v) is 13.1. The molecular formula is C26H29ClN2O4S. The molecule has 1 aliphatic heterocycles. The van der Waals surface area contributed by atoms with E-state index in [0.717, 1.165) is 36.8 Å². The van der Waals surface area contributed by atoms with Gasteiger partial charge in [0.05, 0.1) is 6.04 Å². The van der Waals surface area contributed by atoms with E-state index in [1.54, 1.807) is 12.1 Å². The lowest BCUT2D eigenvalue weighted by molar-refractivity contribution is 0.0973. The molecule has 1 unspecified atom stereocenters. The summed E-state index contributed by atoms with van der Waals surface area (Å²) in [5, 5.41) is 0.728. The van der Waals surface area contributed by atoms with Gasteiger partial charge in [-0.3, -0.25) is 14.4 Å². The van der Waals surface area contributed by atoms with E-state index in [2.05, 4.69) is 46.2 Å². The Morgan fingerprint density at radius 3 is 2.24 bits per heavy atom. The number of piperazine rings is 1. The predicted molar refractivity (Wildman–Crippen MR) is 134 cm³/mol. The van der Waals surface area contributed by atoms with Crippen LogP contribution in [0.4, 0.5) is 0 Å². The zero-order valence-corrected chi connectivity index (χ0v) is 20.7. The first kappa shape index (κ1) is 24.7. The molecule has 1 fully saturated rings. The number of benzene rings is 3. The van der Waals surface area contributed by atoms with Crippen LogP contribution in [0.5, 0.6) is 5.75 Å². The second kappa shape index (κ2) is 10.9. The summed E-state index contributed by atoms with van der Waals surface area (Å²) in [4.78, 5) is 4.59. The number of hydrogen-bond acceptors (Lipinski definition) is 5. The van der Waals surface area contributed by atoms with Gasteiger partial charge >= 0.3 is 0 Å². The van der Waals surface area contributed by atoms with Crippen molar-refractivity contribution >= 4 is 21.7 Å². The maximum Gasteiger partial charge on any atom is 0.298 e. The quantitative estimate of drug-likeness (QED) is 0.453. The van der Waals surface area contributed by atoms with Gasteiger partial charge in [-0.05, 0) is 47.9 Å². The Balaban J connectivity index is 1.38. The fourth-order valence-corrected chi connectivity index (χ4v) is 5.10. The highest BCUT2D eigenvalue weighted by Crippen LogP contribution is 2.30. The van der Waals surface area contributed by atoms with Crippen molar-refractivity contribution in [3.63, 3.8) is 0 Å². The third-order valence-electron chi connectivity index (χ3n) is 6.12. The lowest BCUT2D eigenvalue weighted by Gasteiger charge is -2.39. The van der Waals surface area contributed by atoms with Crippen molar-refractivity contribution in [1.29, 1.82) is 0 Å². The molecule has 0 radical (unpaired) electrons. The van der Waals surface area contributed by atoms with Gasteiger partial charge in [-0.15, -0.1) is 0 Å². The van der Waals surface area contributed by atoms with E-state index in [-0.39, 0.29) is 16.7 Å². The highest BCUT2D eigenvalue weighted by atomic mass is 35.5. The van der Waals surface area contributed by atoms with Crippen LogP contribution in [0.3, 0.4) is 0 Å². The van der Waals surface area contributed by atoms with Gasteiger partial charge in [0.2, 0.25) is 0 Å². The van der Waals surface area contributed by atoms with Gasteiger partial charge in [0, 0.05) is 37.7 Å². The minimum atomic E-state index is -4.33. The van der Waals surface area contributed by atoms with Crippen LogP contribution in [0, 0.1) is 6.92 Å². The van der Waals surface area contributed by atoms with Gasteiger partial charge < -0.3 is 4.74 Å². The van der Waals surface area contributed by atoms with E-state index >= 15 is 0 Å². The summed E-state index contributed by atoms with van der Waals surface area (Å²) >= 11 is 6.12. The summed E-state index contributed by atoms with van der Waals surface area (Å²) in [6.45, 7) is 6.39. The number of halogens is 1. The summed E-state index contributed by atoms with van der Waals surface area (Å²) < 4.78 is 38.5. The maximum absolute atomic E-state index is 11.6. The Morgan fingerprint density at radius 1 is 0.941 bits per heavy atom. The van der Waals surface area contributed by atoms with Crippen molar-refractivity contribution in [2.45, 2.75) is 17.9 Å². The first-order chi connectivity index (χ1) is 16.3. The number of rotatable bonds is 8. The first-order valence-electron chi connectivity index (χ1n) is 11.3. The molecule has 0 bridgehead atoms. The highest BCUT2D eigenvalue weighted by Gasteiger charge is 2.26. The Hall–Kier alpha value is -2.42. The molecule has 4 rings (SSSR count). The fraction of sp³-hybridized carbons (Fsp3) is 0.308. The van der Waals surface area contributed by atoms with Crippen LogP contribution < -0.4 is 4.74 Å². The van der Waals surface area contributed by atoms with Crippen LogP contribution >= 0.6 is 11.6 Å². The van der Waals surface area contributed by atoms with Crippen molar-refractivity contribution in [2.75, 3.05) is 39.3 Å². The van der Waals surface area contributed by atoms with Crippen LogP contribution in [0.25, 0.3) is 0 Å². The molecule has 0 amide bonds. The molecule has 0 saturated carbocycles. The smallest absolute Gasteiger partial charge is 0.298 e. The largest absolute Gasteiger partial charge is 0.491 e. The summed E-state index contributed by atoms with van der Waals surface area (Å²) in [7, 11) is -4.33. The zero-order valence-electron chi connectivity index (χ0n) is 19.1. The molecular weight excluding hydrogens is 472 g/mol. The van der Waals surface area contributed by atoms with Crippen LogP contribution in [0.2, 0.25) is 5.02 Å². The minimum Gasteiger partial charge on any atom is -0.491 e. The molecule has 34 heavy (non-hydrogen) atoms. The van der Waals surface area contributed by atoms with Crippen molar-refractivity contribution in [2.24, 2.45) is 0 Å². The fourth-order valence-electron chi connectivity index (χ4n) is 4.37. The van der Waals surface area contributed by atoms with Gasteiger partial charge in [0.25, 0.3) is 10.1 Å².